The van der Waals surface area contributed by atoms with Gasteiger partial charge in [-0.25, -0.2) is 10.2 Å². The molecule has 0 bridgehead atoms. The first-order valence-electron chi connectivity index (χ1n) is 5.73. The third-order valence-electron chi connectivity index (χ3n) is 2.66. The van der Waals surface area contributed by atoms with E-state index in [2.05, 4.69) is 15.4 Å². The van der Waals surface area contributed by atoms with Gasteiger partial charge in [0.2, 0.25) is 0 Å². The molecule has 2 rings (SSSR count). The number of hydrogen-bond acceptors (Lipinski definition) is 3. The molecule has 0 aliphatic heterocycles. The maximum atomic E-state index is 11.8. The van der Waals surface area contributed by atoms with E-state index in [-0.39, 0.29) is 0 Å². The molecule has 1 N–H and O–H groups in total. The fraction of sp³-hybridized carbons (Fsp3) is 0.231. The molecule has 1 aromatic heterocycles. The number of carbonyl (C=O) groups is 1. The first kappa shape index (κ1) is 13.6. The van der Waals surface area contributed by atoms with Crippen molar-refractivity contribution in [2.75, 3.05) is 7.11 Å². The van der Waals surface area contributed by atoms with Crippen LogP contribution in [0.25, 0.3) is 0 Å². The SMILES string of the molecule is CONC(=O)c1c(C)nn(Cc2ccccc2)c1Cl. The third kappa shape index (κ3) is 2.94. The van der Waals surface area contributed by atoms with Crippen LogP contribution in [0.4, 0.5) is 0 Å². The van der Waals surface area contributed by atoms with Crippen LogP contribution >= 0.6 is 11.6 Å². The summed E-state index contributed by atoms with van der Waals surface area (Å²) in [4.78, 5) is 16.4. The minimum absolute atomic E-state index is 0.302. The van der Waals surface area contributed by atoms with Gasteiger partial charge in [0.25, 0.3) is 5.91 Å². The molecule has 6 heteroatoms. The van der Waals surface area contributed by atoms with E-state index in [1.54, 1.807) is 11.6 Å². The van der Waals surface area contributed by atoms with E-state index in [0.29, 0.717) is 23.0 Å². The van der Waals surface area contributed by atoms with Crippen LogP contribution < -0.4 is 5.48 Å². The van der Waals surface area contributed by atoms with Gasteiger partial charge < -0.3 is 0 Å². The van der Waals surface area contributed by atoms with E-state index in [1.807, 2.05) is 30.3 Å². The number of benzene rings is 1. The minimum Gasteiger partial charge on any atom is -0.277 e. The summed E-state index contributed by atoms with van der Waals surface area (Å²) in [6, 6.07) is 9.78. The molecular formula is C13H14ClN3O2. The molecule has 5 nitrogen and oxygen atoms in total. The van der Waals surface area contributed by atoms with Crippen LogP contribution in [0.3, 0.4) is 0 Å². The predicted octanol–water partition coefficient (Wildman–Crippen LogP) is 2.18. The number of hydrogen-bond donors (Lipinski definition) is 1. The molecule has 2 aromatic rings. The van der Waals surface area contributed by atoms with Gasteiger partial charge in [0.1, 0.15) is 10.7 Å². The maximum absolute atomic E-state index is 11.8. The van der Waals surface area contributed by atoms with E-state index >= 15 is 0 Å². The minimum atomic E-state index is -0.399. The topological polar surface area (TPSA) is 56.1 Å². The summed E-state index contributed by atoms with van der Waals surface area (Å²) in [6.45, 7) is 2.25. The number of aryl methyl sites for hydroxylation is 1. The van der Waals surface area contributed by atoms with Crippen LogP contribution in [-0.4, -0.2) is 22.8 Å². The van der Waals surface area contributed by atoms with Crippen molar-refractivity contribution in [3.8, 4) is 0 Å². The van der Waals surface area contributed by atoms with Crippen LogP contribution in [0.2, 0.25) is 5.15 Å². The fourth-order valence-electron chi connectivity index (χ4n) is 1.82. The molecule has 1 aromatic carbocycles. The lowest BCUT2D eigenvalue weighted by Gasteiger charge is -2.04. The van der Waals surface area contributed by atoms with Gasteiger partial charge in [0, 0.05) is 0 Å². The van der Waals surface area contributed by atoms with Crippen molar-refractivity contribution in [2.45, 2.75) is 13.5 Å². The Balaban J connectivity index is 2.29. The highest BCUT2D eigenvalue weighted by Crippen LogP contribution is 2.20. The number of rotatable bonds is 4. The van der Waals surface area contributed by atoms with Crippen molar-refractivity contribution < 1.29 is 9.63 Å². The van der Waals surface area contributed by atoms with Gasteiger partial charge in [-0.2, -0.15) is 5.10 Å². The van der Waals surface area contributed by atoms with E-state index in [9.17, 15) is 4.79 Å². The van der Waals surface area contributed by atoms with Crippen LogP contribution in [0.1, 0.15) is 21.6 Å². The number of aromatic nitrogens is 2. The van der Waals surface area contributed by atoms with E-state index in [1.165, 1.54) is 7.11 Å². The van der Waals surface area contributed by atoms with Crippen molar-refractivity contribution >= 4 is 17.5 Å². The molecule has 0 fully saturated rings. The Labute approximate surface area is 116 Å². The summed E-state index contributed by atoms with van der Waals surface area (Å²) in [5.41, 5.74) is 4.20. The number of nitrogens with zero attached hydrogens (tertiary/aromatic N) is 2. The summed E-state index contributed by atoms with van der Waals surface area (Å²) >= 11 is 6.19. The molecule has 1 amide bonds. The molecule has 0 unspecified atom stereocenters. The van der Waals surface area contributed by atoms with Gasteiger partial charge in [-0.15, -0.1) is 0 Å². The predicted molar refractivity (Wildman–Crippen MR) is 72.0 cm³/mol. The summed E-state index contributed by atoms with van der Waals surface area (Å²) in [5, 5.41) is 4.58. The van der Waals surface area contributed by atoms with Gasteiger partial charge in [-0.1, -0.05) is 41.9 Å². The number of amides is 1. The monoisotopic (exact) mass is 279 g/mol. The lowest BCUT2D eigenvalue weighted by Crippen LogP contribution is -2.22. The molecule has 0 aliphatic carbocycles. The molecule has 0 spiro atoms. The molecule has 1 heterocycles. The number of carbonyl (C=O) groups excluding carboxylic acids is 1. The summed E-state index contributed by atoms with van der Waals surface area (Å²) < 4.78 is 1.59. The Kier molecular flexibility index (Phi) is 4.19. The Bertz CT molecular complexity index is 581. The first-order chi connectivity index (χ1) is 9.13. The van der Waals surface area contributed by atoms with Crippen LogP contribution in [0.5, 0.6) is 0 Å². The Morgan fingerprint density at radius 3 is 2.74 bits per heavy atom. The van der Waals surface area contributed by atoms with E-state index in [4.69, 9.17) is 11.6 Å². The standard InChI is InChI=1S/C13H14ClN3O2/c1-9-11(13(18)16-19-2)12(14)17(15-9)8-10-6-4-3-5-7-10/h3-7H,8H2,1-2H3,(H,16,18). The lowest BCUT2D eigenvalue weighted by atomic mass is 10.2. The molecule has 19 heavy (non-hydrogen) atoms. The molecule has 0 aliphatic rings. The molecule has 100 valence electrons. The molecule has 0 atom stereocenters. The van der Waals surface area contributed by atoms with Gasteiger partial charge in [-0.3, -0.25) is 9.63 Å². The summed E-state index contributed by atoms with van der Waals surface area (Å²) in [7, 11) is 1.37. The highest BCUT2D eigenvalue weighted by atomic mass is 35.5. The Morgan fingerprint density at radius 1 is 1.42 bits per heavy atom. The molecule has 0 saturated heterocycles. The van der Waals surface area contributed by atoms with Crippen LogP contribution in [0, 0.1) is 6.92 Å². The van der Waals surface area contributed by atoms with E-state index in [0.717, 1.165) is 5.56 Å². The second-order valence-corrected chi connectivity index (χ2v) is 4.39. The average Bonchev–Trinajstić information content (AvgIpc) is 2.66. The normalized spacial score (nSPS) is 10.5. The van der Waals surface area contributed by atoms with Crippen molar-refractivity contribution in [3.05, 3.63) is 52.3 Å². The maximum Gasteiger partial charge on any atom is 0.279 e. The highest BCUT2D eigenvalue weighted by molar-refractivity contribution is 6.33. The number of hydroxylamine groups is 1. The summed E-state index contributed by atoms with van der Waals surface area (Å²) in [6.07, 6.45) is 0. The lowest BCUT2D eigenvalue weighted by molar-refractivity contribution is 0.0537. The van der Waals surface area contributed by atoms with Crippen molar-refractivity contribution in [1.82, 2.24) is 15.3 Å². The van der Waals surface area contributed by atoms with Gasteiger partial charge in [0.15, 0.2) is 0 Å². The number of halogens is 1. The number of nitrogens with one attached hydrogen (secondary N) is 1. The van der Waals surface area contributed by atoms with Crippen molar-refractivity contribution in [1.29, 1.82) is 0 Å². The zero-order valence-corrected chi connectivity index (χ0v) is 11.4. The average molecular weight is 280 g/mol. The van der Waals surface area contributed by atoms with E-state index < -0.39 is 5.91 Å². The third-order valence-corrected chi connectivity index (χ3v) is 3.05. The summed E-state index contributed by atoms with van der Waals surface area (Å²) in [5.74, 6) is -0.399. The van der Waals surface area contributed by atoms with Gasteiger partial charge >= 0.3 is 0 Å². The van der Waals surface area contributed by atoms with Crippen molar-refractivity contribution in [3.63, 3.8) is 0 Å². The zero-order valence-electron chi connectivity index (χ0n) is 10.7. The first-order valence-corrected chi connectivity index (χ1v) is 6.11. The Morgan fingerprint density at radius 2 is 2.11 bits per heavy atom. The second kappa shape index (κ2) is 5.86. The smallest absolute Gasteiger partial charge is 0.277 e. The second-order valence-electron chi connectivity index (χ2n) is 4.03. The van der Waals surface area contributed by atoms with Crippen LogP contribution in [0.15, 0.2) is 30.3 Å². The largest absolute Gasteiger partial charge is 0.279 e. The fourth-order valence-corrected chi connectivity index (χ4v) is 2.14. The molecular weight excluding hydrogens is 266 g/mol. The van der Waals surface area contributed by atoms with Crippen LogP contribution in [-0.2, 0) is 11.4 Å². The zero-order chi connectivity index (χ0) is 13.8. The Hall–Kier alpha value is -1.85. The molecule has 0 radical (unpaired) electrons. The highest BCUT2D eigenvalue weighted by Gasteiger charge is 2.20. The quantitative estimate of drug-likeness (QED) is 0.873. The van der Waals surface area contributed by atoms with Crippen molar-refractivity contribution in [2.24, 2.45) is 0 Å². The van der Waals surface area contributed by atoms with Gasteiger partial charge in [0.05, 0.1) is 19.3 Å². The molecule has 0 saturated carbocycles. The van der Waals surface area contributed by atoms with Gasteiger partial charge in [-0.05, 0) is 12.5 Å².